The molecule has 23 heavy (non-hydrogen) atoms. The number of hydrogen-bond acceptors (Lipinski definition) is 3. The Morgan fingerprint density at radius 2 is 2.00 bits per heavy atom. The second-order valence-corrected chi connectivity index (χ2v) is 6.46. The molecule has 0 saturated heterocycles. The number of aromatic nitrogens is 1. The predicted octanol–water partition coefficient (Wildman–Crippen LogP) is 4.03. The molecule has 118 valence electrons. The summed E-state index contributed by atoms with van der Waals surface area (Å²) in [4.78, 5) is 20.6. The summed E-state index contributed by atoms with van der Waals surface area (Å²) in [5, 5.41) is 4.46. The molecule has 2 heterocycles. The number of fused-ring (bicyclic) bond motifs is 1. The zero-order valence-electron chi connectivity index (χ0n) is 11.9. The molecule has 0 aliphatic carbocycles. The van der Waals surface area contributed by atoms with Crippen molar-refractivity contribution in [3.8, 4) is 0 Å². The van der Waals surface area contributed by atoms with E-state index in [9.17, 15) is 4.79 Å². The summed E-state index contributed by atoms with van der Waals surface area (Å²) in [5.74, 6) is 0.540. The Morgan fingerprint density at radius 3 is 2.78 bits per heavy atom. The van der Waals surface area contributed by atoms with Gasteiger partial charge in [0.1, 0.15) is 0 Å². The monoisotopic (exact) mass is 367 g/mol. The van der Waals surface area contributed by atoms with Crippen LogP contribution in [0.3, 0.4) is 0 Å². The molecule has 1 aromatic heterocycles. The third kappa shape index (κ3) is 4.02. The number of nitrogens with one attached hydrogen (secondary N) is 1. The second kappa shape index (κ2) is 6.87. The highest BCUT2D eigenvalue weighted by Gasteiger charge is 2.17. The predicted molar refractivity (Wildman–Crippen MR) is 93.2 cm³/mol. The molecule has 0 fully saturated rings. The molecule has 7 heteroatoms. The lowest BCUT2D eigenvalue weighted by Crippen LogP contribution is -2.30. The summed E-state index contributed by atoms with van der Waals surface area (Å²) in [5.41, 5.74) is 2.56. The maximum absolute atomic E-state index is 12.0. The lowest BCUT2D eigenvalue weighted by Gasteiger charge is -2.07. The van der Waals surface area contributed by atoms with Crippen molar-refractivity contribution in [2.45, 2.75) is 12.8 Å². The zero-order chi connectivity index (χ0) is 16.4. The van der Waals surface area contributed by atoms with Crippen LogP contribution in [0.4, 0.5) is 5.82 Å². The van der Waals surface area contributed by atoms with E-state index in [2.05, 4.69) is 15.3 Å². The Morgan fingerprint density at radius 1 is 1.17 bits per heavy atom. The van der Waals surface area contributed by atoms with E-state index >= 15 is 0 Å². The van der Waals surface area contributed by atoms with Gasteiger partial charge in [-0.2, -0.15) is 0 Å². The van der Waals surface area contributed by atoms with E-state index in [4.69, 9.17) is 34.8 Å². The van der Waals surface area contributed by atoms with E-state index in [1.165, 1.54) is 0 Å². The van der Waals surface area contributed by atoms with Crippen LogP contribution >= 0.6 is 34.8 Å². The molecule has 0 bridgehead atoms. The van der Waals surface area contributed by atoms with Gasteiger partial charge < -0.3 is 5.32 Å². The van der Waals surface area contributed by atoms with Gasteiger partial charge in [-0.15, -0.1) is 0 Å². The molecule has 1 aliphatic rings. The SMILES string of the molecule is O=C(Cc1ccc(Cl)cc1Cl)NCC1=Nc2ncc(Cl)cc2C1. The number of amides is 1. The number of pyridine rings is 1. The van der Waals surface area contributed by atoms with E-state index in [0.717, 1.165) is 16.8 Å². The van der Waals surface area contributed by atoms with Gasteiger partial charge in [-0.05, 0) is 23.8 Å². The Kier molecular flexibility index (Phi) is 4.85. The topological polar surface area (TPSA) is 54.4 Å². The van der Waals surface area contributed by atoms with E-state index < -0.39 is 0 Å². The van der Waals surface area contributed by atoms with Gasteiger partial charge in [-0.25, -0.2) is 9.98 Å². The van der Waals surface area contributed by atoms with Gasteiger partial charge in [0.15, 0.2) is 5.82 Å². The number of aliphatic imine (C=N–C) groups is 1. The third-order valence-electron chi connectivity index (χ3n) is 3.42. The highest BCUT2D eigenvalue weighted by atomic mass is 35.5. The lowest BCUT2D eigenvalue weighted by molar-refractivity contribution is -0.120. The average Bonchev–Trinajstić information content (AvgIpc) is 2.90. The molecular formula is C16H12Cl3N3O. The van der Waals surface area contributed by atoms with Crippen molar-refractivity contribution < 1.29 is 4.79 Å². The Labute approximate surface area is 148 Å². The normalized spacial score (nSPS) is 12.7. The van der Waals surface area contributed by atoms with Crippen molar-refractivity contribution in [1.29, 1.82) is 0 Å². The van der Waals surface area contributed by atoms with Crippen molar-refractivity contribution >= 4 is 52.2 Å². The molecule has 2 aromatic rings. The van der Waals surface area contributed by atoms with Crippen molar-refractivity contribution in [1.82, 2.24) is 10.3 Å². The summed E-state index contributed by atoms with van der Waals surface area (Å²) >= 11 is 17.8. The molecule has 3 rings (SSSR count). The molecule has 0 unspecified atom stereocenters. The third-order valence-corrected chi connectivity index (χ3v) is 4.22. The van der Waals surface area contributed by atoms with Crippen LogP contribution in [0.5, 0.6) is 0 Å². The molecule has 1 aliphatic heterocycles. The zero-order valence-corrected chi connectivity index (χ0v) is 14.2. The van der Waals surface area contributed by atoms with Crippen molar-refractivity contribution in [2.75, 3.05) is 6.54 Å². The van der Waals surface area contributed by atoms with Gasteiger partial charge in [-0.1, -0.05) is 40.9 Å². The fraction of sp³-hybridized carbons (Fsp3) is 0.188. The first-order valence-electron chi connectivity index (χ1n) is 6.93. The van der Waals surface area contributed by atoms with Crippen LogP contribution in [-0.2, 0) is 17.6 Å². The van der Waals surface area contributed by atoms with Gasteiger partial charge in [0.2, 0.25) is 5.91 Å². The summed E-state index contributed by atoms with van der Waals surface area (Å²) in [6, 6.07) is 6.93. The largest absolute Gasteiger partial charge is 0.350 e. The van der Waals surface area contributed by atoms with Crippen molar-refractivity contribution in [2.24, 2.45) is 4.99 Å². The van der Waals surface area contributed by atoms with E-state index in [1.807, 2.05) is 6.07 Å². The Bertz CT molecular complexity index is 805. The molecule has 0 atom stereocenters. The number of halogens is 3. The standard InChI is InChI=1S/C16H12Cl3N3O/c17-11-2-1-9(14(19)6-11)5-15(23)20-8-13-4-10-3-12(18)7-21-16(10)22-13/h1-3,6-7H,4-5,8H2,(H,20,23). The van der Waals surface area contributed by atoms with E-state index in [1.54, 1.807) is 24.4 Å². The highest BCUT2D eigenvalue weighted by molar-refractivity contribution is 6.35. The van der Waals surface area contributed by atoms with Gasteiger partial charge in [-0.3, -0.25) is 4.79 Å². The quantitative estimate of drug-likeness (QED) is 0.886. The van der Waals surface area contributed by atoms with Crippen molar-refractivity contribution in [3.63, 3.8) is 0 Å². The van der Waals surface area contributed by atoms with Gasteiger partial charge >= 0.3 is 0 Å². The first-order chi connectivity index (χ1) is 11.0. The maximum Gasteiger partial charge on any atom is 0.224 e. The second-order valence-electron chi connectivity index (χ2n) is 5.18. The van der Waals surface area contributed by atoms with Crippen LogP contribution in [-0.4, -0.2) is 23.1 Å². The minimum Gasteiger partial charge on any atom is -0.350 e. The highest BCUT2D eigenvalue weighted by Crippen LogP contribution is 2.26. The number of benzene rings is 1. The number of nitrogens with zero attached hydrogens (tertiary/aromatic N) is 2. The van der Waals surface area contributed by atoms with Gasteiger partial charge in [0, 0.05) is 33.9 Å². The van der Waals surface area contributed by atoms with Crippen LogP contribution < -0.4 is 5.32 Å². The molecule has 1 aromatic carbocycles. The molecular weight excluding hydrogens is 357 g/mol. The summed E-state index contributed by atoms with van der Waals surface area (Å²) in [6.07, 6.45) is 2.40. The molecule has 1 N–H and O–H groups in total. The Balaban J connectivity index is 1.56. The molecule has 0 radical (unpaired) electrons. The summed E-state index contributed by atoms with van der Waals surface area (Å²) in [7, 11) is 0. The van der Waals surface area contributed by atoms with Crippen LogP contribution in [0.15, 0.2) is 35.5 Å². The van der Waals surface area contributed by atoms with Crippen LogP contribution in [0.1, 0.15) is 11.1 Å². The first-order valence-corrected chi connectivity index (χ1v) is 8.06. The van der Waals surface area contributed by atoms with Gasteiger partial charge in [0.05, 0.1) is 18.0 Å². The minimum atomic E-state index is -0.126. The number of hydrogen-bond donors (Lipinski definition) is 1. The number of rotatable bonds is 4. The van der Waals surface area contributed by atoms with E-state index in [-0.39, 0.29) is 12.3 Å². The molecule has 1 amide bonds. The van der Waals surface area contributed by atoms with Gasteiger partial charge in [0.25, 0.3) is 0 Å². The van der Waals surface area contributed by atoms with E-state index in [0.29, 0.717) is 33.9 Å². The fourth-order valence-corrected chi connectivity index (χ4v) is 2.97. The smallest absolute Gasteiger partial charge is 0.224 e. The first kappa shape index (κ1) is 16.2. The molecule has 0 saturated carbocycles. The number of carbonyl (C=O) groups excluding carboxylic acids is 1. The summed E-state index contributed by atoms with van der Waals surface area (Å²) < 4.78 is 0. The Hall–Kier alpha value is -1.62. The van der Waals surface area contributed by atoms with Crippen LogP contribution in [0.2, 0.25) is 15.1 Å². The maximum atomic E-state index is 12.0. The average molecular weight is 369 g/mol. The van der Waals surface area contributed by atoms with Crippen LogP contribution in [0.25, 0.3) is 0 Å². The summed E-state index contributed by atoms with van der Waals surface area (Å²) in [6.45, 7) is 0.373. The molecule has 0 spiro atoms. The van der Waals surface area contributed by atoms with Crippen molar-refractivity contribution in [3.05, 3.63) is 56.7 Å². The van der Waals surface area contributed by atoms with Crippen LogP contribution in [0, 0.1) is 0 Å². The lowest BCUT2D eigenvalue weighted by atomic mass is 10.1. The fourth-order valence-electron chi connectivity index (χ4n) is 2.32. The number of carbonyl (C=O) groups is 1. The minimum absolute atomic E-state index is 0.126. The molecule has 4 nitrogen and oxygen atoms in total.